The standard InChI is InChI=1S/C24H31N3O4/c28-23-17(12-16-13-21-22(14-20(16)26-23)31-11-10-30-21)15-27(19-8-4-5-9-19)24(29)25-18-6-2-1-3-7-18/h12-14,18-19H,1-11,15H2,(H,25,29)(H,26,28). The summed E-state index contributed by atoms with van der Waals surface area (Å²) in [5.41, 5.74) is 1.17. The number of carbonyl (C=O) groups is 1. The minimum Gasteiger partial charge on any atom is -0.486 e. The molecular weight excluding hydrogens is 394 g/mol. The number of nitrogens with one attached hydrogen (secondary N) is 2. The van der Waals surface area contributed by atoms with Gasteiger partial charge in [-0.25, -0.2) is 4.79 Å². The highest BCUT2D eigenvalue weighted by Crippen LogP contribution is 2.34. The Labute approximate surface area is 182 Å². The minimum absolute atomic E-state index is 0.0273. The number of hydrogen-bond acceptors (Lipinski definition) is 4. The lowest BCUT2D eigenvalue weighted by atomic mass is 9.96. The molecule has 0 bridgehead atoms. The number of carbonyl (C=O) groups excluding carboxylic acids is 1. The van der Waals surface area contributed by atoms with E-state index in [9.17, 15) is 9.59 Å². The summed E-state index contributed by atoms with van der Waals surface area (Å²) in [6.07, 6.45) is 9.98. The number of fused-ring (bicyclic) bond motifs is 2. The zero-order valence-corrected chi connectivity index (χ0v) is 18.0. The number of amides is 2. The first-order chi connectivity index (χ1) is 15.2. The summed E-state index contributed by atoms with van der Waals surface area (Å²) in [4.78, 5) is 31.0. The number of aromatic nitrogens is 1. The molecule has 7 nitrogen and oxygen atoms in total. The molecule has 0 spiro atoms. The Morgan fingerprint density at radius 2 is 1.65 bits per heavy atom. The highest BCUT2D eigenvalue weighted by molar-refractivity contribution is 5.83. The van der Waals surface area contributed by atoms with Gasteiger partial charge in [0.25, 0.3) is 5.56 Å². The van der Waals surface area contributed by atoms with Crippen molar-refractivity contribution in [2.75, 3.05) is 13.2 Å². The summed E-state index contributed by atoms with van der Waals surface area (Å²) in [6, 6.07) is 6.04. The second kappa shape index (κ2) is 8.81. The van der Waals surface area contributed by atoms with Crippen LogP contribution in [0, 0.1) is 0 Å². The number of urea groups is 1. The number of pyridine rings is 1. The first kappa shape index (κ1) is 20.2. The molecule has 0 radical (unpaired) electrons. The van der Waals surface area contributed by atoms with E-state index in [1.165, 1.54) is 19.3 Å². The molecule has 0 saturated heterocycles. The van der Waals surface area contributed by atoms with Crippen molar-refractivity contribution in [1.29, 1.82) is 0 Å². The van der Waals surface area contributed by atoms with Crippen LogP contribution in [0.5, 0.6) is 11.5 Å². The van der Waals surface area contributed by atoms with Crippen molar-refractivity contribution < 1.29 is 14.3 Å². The van der Waals surface area contributed by atoms with Crippen LogP contribution in [0.4, 0.5) is 4.79 Å². The van der Waals surface area contributed by atoms with Gasteiger partial charge in [0, 0.05) is 29.1 Å². The maximum Gasteiger partial charge on any atom is 0.318 e. The van der Waals surface area contributed by atoms with Crippen LogP contribution in [0.25, 0.3) is 10.9 Å². The fraction of sp³-hybridized carbons (Fsp3) is 0.583. The topological polar surface area (TPSA) is 83.7 Å². The molecule has 7 heteroatoms. The molecule has 0 atom stereocenters. The lowest BCUT2D eigenvalue weighted by molar-refractivity contribution is 0.164. The summed E-state index contributed by atoms with van der Waals surface area (Å²) < 4.78 is 11.3. The third-order valence-corrected chi connectivity index (χ3v) is 6.88. The molecule has 2 aliphatic carbocycles. The average Bonchev–Trinajstić information content (AvgIpc) is 3.31. The van der Waals surface area contributed by atoms with Crippen LogP contribution < -0.4 is 20.3 Å². The van der Waals surface area contributed by atoms with Crippen LogP contribution in [-0.2, 0) is 6.54 Å². The number of nitrogens with zero attached hydrogens (tertiary/aromatic N) is 1. The molecule has 3 aliphatic rings. The van der Waals surface area contributed by atoms with Crippen molar-refractivity contribution in [3.8, 4) is 11.5 Å². The number of benzene rings is 1. The number of hydrogen-bond donors (Lipinski definition) is 2. The van der Waals surface area contributed by atoms with Gasteiger partial charge in [0.1, 0.15) is 13.2 Å². The number of H-pyrrole nitrogens is 1. The number of rotatable bonds is 4. The Kier molecular flexibility index (Phi) is 5.74. The van der Waals surface area contributed by atoms with Gasteiger partial charge >= 0.3 is 6.03 Å². The fourth-order valence-corrected chi connectivity index (χ4v) is 5.18. The molecule has 1 aromatic heterocycles. The molecule has 2 amide bonds. The van der Waals surface area contributed by atoms with Gasteiger partial charge in [0.2, 0.25) is 0 Å². The van der Waals surface area contributed by atoms with Gasteiger partial charge in [-0.05, 0) is 37.8 Å². The monoisotopic (exact) mass is 425 g/mol. The molecule has 31 heavy (non-hydrogen) atoms. The Balaban J connectivity index is 1.41. The quantitative estimate of drug-likeness (QED) is 0.773. The first-order valence-corrected chi connectivity index (χ1v) is 11.7. The zero-order valence-electron chi connectivity index (χ0n) is 18.0. The van der Waals surface area contributed by atoms with Crippen LogP contribution in [0.15, 0.2) is 23.0 Å². The van der Waals surface area contributed by atoms with Gasteiger partial charge in [-0.1, -0.05) is 32.1 Å². The molecule has 1 aromatic carbocycles. The van der Waals surface area contributed by atoms with E-state index >= 15 is 0 Å². The highest BCUT2D eigenvalue weighted by Gasteiger charge is 2.29. The van der Waals surface area contributed by atoms with E-state index in [0.717, 1.165) is 49.4 Å². The summed E-state index contributed by atoms with van der Waals surface area (Å²) in [7, 11) is 0. The predicted octanol–water partition coefficient (Wildman–Crippen LogP) is 4.09. The minimum atomic E-state index is -0.155. The Hall–Kier alpha value is -2.70. The number of ether oxygens (including phenoxy) is 2. The van der Waals surface area contributed by atoms with E-state index in [0.29, 0.717) is 36.8 Å². The smallest absolute Gasteiger partial charge is 0.318 e. The Morgan fingerprint density at radius 3 is 2.39 bits per heavy atom. The first-order valence-electron chi connectivity index (χ1n) is 11.7. The van der Waals surface area contributed by atoms with E-state index in [4.69, 9.17) is 9.47 Å². The van der Waals surface area contributed by atoms with Crippen LogP contribution in [-0.4, -0.2) is 41.2 Å². The summed E-state index contributed by atoms with van der Waals surface area (Å²) >= 11 is 0. The normalized spacial score (nSPS) is 19.5. The van der Waals surface area contributed by atoms with Crippen molar-refractivity contribution in [3.63, 3.8) is 0 Å². The molecule has 2 saturated carbocycles. The molecule has 1 aliphatic heterocycles. The lowest BCUT2D eigenvalue weighted by Crippen LogP contribution is -2.49. The van der Waals surface area contributed by atoms with Crippen LogP contribution in [0.1, 0.15) is 63.4 Å². The van der Waals surface area contributed by atoms with E-state index in [1.807, 2.05) is 23.1 Å². The maximum absolute atomic E-state index is 13.2. The van der Waals surface area contributed by atoms with Crippen molar-refractivity contribution in [2.45, 2.75) is 76.4 Å². The SMILES string of the molecule is O=C(NC1CCCCC1)N(Cc1cc2cc3c(cc2[nH]c1=O)OCCO3)C1CCCC1. The summed E-state index contributed by atoms with van der Waals surface area (Å²) in [5, 5.41) is 4.14. The zero-order chi connectivity index (χ0) is 21.2. The van der Waals surface area contributed by atoms with Crippen LogP contribution in [0.3, 0.4) is 0 Å². The van der Waals surface area contributed by atoms with E-state index in [2.05, 4.69) is 10.3 Å². The molecule has 2 fully saturated rings. The van der Waals surface area contributed by atoms with Crippen molar-refractivity contribution in [3.05, 3.63) is 34.1 Å². The van der Waals surface area contributed by atoms with E-state index < -0.39 is 0 Å². The van der Waals surface area contributed by atoms with E-state index in [-0.39, 0.29) is 23.7 Å². The van der Waals surface area contributed by atoms with Crippen molar-refractivity contribution in [2.24, 2.45) is 0 Å². The fourth-order valence-electron chi connectivity index (χ4n) is 5.18. The molecular formula is C24H31N3O4. The Morgan fingerprint density at radius 1 is 0.968 bits per heavy atom. The van der Waals surface area contributed by atoms with Gasteiger partial charge < -0.3 is 24.7 Å². The third-order valence-electron chi connectivity index (χ3n) is 6.88. The molecule has 5 rings (SSSR count). The molecule has 166 valence electrons. The second-order valence-corrected chi connectivity index (χ2v) is 9.06. The third kappa shape index (κ3) is 4.36. The molecule has 2 aromatic rings. The van der Waals surface area contributed by atoms with Crippen LogP contribution in [0.2, 0.25) is 0 Å². The summed E-state index contributed by atoms with van der Waals surface area (Å²) in [6.45, 7) is 1.35. The lowest BCUT2D eigenvalue weighted by Gasteiger charge is -2.32. The molecule has 0 unspecified atom stereocenters. The van der Waals surface area contributed by atoms with Crippen molar-refractivity contribution >= 4 is 16.9 Å². The van der Waals surface area contributed by atoms with Gasteiger partial charge in [0.15, 0.2) is 11.5 Å². The Bertz CT molecular complexity index is 1010. The molecule has 2 heterocycles. The van der Waals surface area contributed by atoms with Crippen LogP contribution >= 0.6 is 0 Å². The van der Waals surface area contributed by atoms with Gasteiger partial charge in [0.05, 0.1) is 12.1 Å². The highest BCUT2D eigenvalue weighted by atomic mass is 16.6. The molecule has 2 N–H and O–H groups in total. The van der Waals surface area contributed by atoms with Gasteiger partial charge in [-0.15, -0.1) is 0 Å². The van der Waals surface area contributed by atoms with Gasteiger partial charge in [-0.3, -0.25) is 4.79 Å². The van der Waals surface area contributed by atoms with Crippen molar-refractivity contribution in [1.82, 2.24) is 15.2 Å². The largest absolute Gasteiger partial charge is 0.486 e. The average molecular weight is 426 g/mol. The van der Waals surface area contributed by atoms with E-state index in [1.54, 1.807) is 0 Å². The predicted molar refractivity (Wildman–Crippen MR) is 119 cm³/mol. The number of aromatic amines is 1. The van der Waals surface area contributed by atoms with Gasteiger partial charge in [-0.2, -0.15) is 0 Å². The second-order valence-electron chi connectivity index (χ2n) is 9.06. The summed E-state index contributed by atoms with van der Waals surface area (Å²) in [5.74, 6) is 1.35. The maximum atomic E-state index is 13.2.